The van der Waals surface area contributed by atoms with Crippen LogP contribution in [-0.4, -0.2) is 5.54 Å². The summed E-state index contributed by atoms with van der Waals surface area (Å²) >= 11 is 5.83. The lowest BCUT2D eigenvalue weighted by molar-refractivity contribution is 0.517. The molecule has 12 heavy (non-hydrogen) atoms. The average Bonchev–Trinajstić information content (AvgIpc) is 1.82. The van der Waals surface area contributed by atoms with Crippen molar-refractivity contribution in [3.05, 3.63) is 34.9 Å². The molecule has 1 aromatic carbocycles. The molecule has 0 aromatic heterocycles. The van der Waals surface area contributed by atoms with E-state index in [0.717, 1.165) is 11.4 Å². The molecule has 0 aliphatic rings. The van der Waals surface area contributed by atoms with Crippen molar-refractivity contribution in [2.75, 3.05) is 0 Å². The van der Waals surface area contributed by atoms with Gasteiger partial charge in [-0.1, -0.05) is 23.7 Å². The molecule has 66 valence electrons. The number of rotatable bonds is 2. The van der Waals surface area contributed by atoms with Crippen molar-refractivity contribution in [2.24, 2.45) is 5.73 Å². The van der Waals surface area contributed by atoms with Crippen LogP contribution in [0.1, 0.15) is 19.4 Å². The van der Waals surface area contributed by atoms with E-state index in [1.807, 2.05) is 38.1 Å². The Morgan fingerprint density at radius 1 is 1.42 bits per heavy atom. The quantitative estimate of drug-likeness (QED) is 0.750. The van der Waals surface area contributed by atoms with Gasteiger partial charge in [0.15, 0.2) is 0 Å². The van der Waals surface area contributed by atoms with Crippen LogP contribution in [0.4, 0.5) is 0 Å². The smallest absolute Gasteiger partial charge is 0.0408 e. The first-order valence-electron chi connectivity index (χ1n) is 4.01. The van der Waals surface area contributed by atoms with Crippen LogP contribution in [0.25, 0.3) is 0 Å². The predicted octanol–water partition coefficient (Wildman–Crippen LogP) is 2.62. The number of hydrogen-bond donors (Lipinski definition) is 1. The first-order valence-corrected chi connectivity index (χ1v) is 4.38. The minimum atomic E-state index is -0.162. The summed E-state index contributed by atoms with van der Waals surface area (Å²) in [5, 5.41) is 0.775. The fraction of sp³-hybridized carbons (Fsp3) is 0.400. The second kappa shape index (κ2) is 3.46. The van der Waals surface area contributed by atoms with Crippen molar-refractivity contribution in [1.82, 2.24) is 0 Å². The Bertz CT molecular complexity index is 263. The SMILES string of the molecule is CC(C)(N)Cc1cccc(Cl)c1. The summed E-state index contributed by atoms with van der Waals surface area (Å²) in [6.07, 6.45) is 0.855. The van der Waals surface area contributed by atoms with E-state index in [4.69, 9.17) is 17.3 Å². The molecule has 0 amide bonds. The molecule has 0 saturated carbocycles. The minimum absolute atomic E-state index is 0.162. The topological polar surface area (TPSA) is 26.0 Å². The van der Waals surface area contributed by atoms with E-state index in [9.17, 15) is 0 Å². The highest BCUT2D eigenvalue weighted by Gasteiger charge is 2.11. The normalized spacial score (nSPS) is 11.7. The maximum absolute atomic E-state index is 5.87. The molecule has 0 aliphatic carbocycles. The molecular formula is C10H14ClN. The summed E-state index contributed by atoms with van der Waals surface area (Å²) in [6, 6.07) is 7.81. The molecule has 1 rings (SSSR count). The van der Waals surface area contributed by atoms with Gasteiger partial charge < -0.3 is 5.73 Å². The van der Waals surface area contributed by atoms with Crippen molar-refractivity contribution in [3.8, 4) is 0 Å². The highest BCUT2D eigenvalue weighted by atomic mass is 35.5. The molecular weight excluding hydrogens is 170 g/mol. The van der Waals surface area contributed by atoms with Gasteiger partial charge in [0.1, 0.15) is 0 Å². The van der Waals surface area contributed by atoms with E-state index in [1.54, 1.807) is 0 Å². The summed E-state index contributed by atoms with van der Waals surface area (Å²) in [6.45, 7) is 4.02. The Hall–Kier alpha value is -0.530. The second-order valence-electron chi connectivity index (χ2n) is 3.80. The maximum atomic E-state index is 5.87. The molecule has 2 heteroatoms. The minimum Gasteiger partial charge on any atom is -0.325 e. The van der Waals surface area contributed by atoms with E-state index in [1.165, 1.54) is 5.56 Å². The Morgan fingerprint density at radius 2 is 2.08 bits per heavy atom. The Kier molecular flexibility index (Phi) is 2.76. The first kappa shape index (κ1) is 9.56. The Morgan fingerprint density at radius 3 is 2.58 bits per heavy atom. The zero-order valence-corrected chi connectivity index (χ0v) is 8.23. The number of hydrogen-bond acceptors (Lipinski definition) is 1. The fourth-order valence-electron chi connectivity index (χ4n) is 1.17. The van der Waals surface area contributed by atoms with Gasteiger partial charge in [0.05, 0.1) is 0 Å². The van der Waals surface area contributed by atoms with Crippen molar-refractivity contribution >= 4 is 11.6 Å². The molecule has 1 aromatic rings. The van der Waals surface area contributed by atoms with E-state index < -0.39 is 0 Å². The third kappa shape index (κ3) is 3.24. The summed E-state index contributed by atoms with van der Waals surface area (Å²) in [5.41, 5.74) is 6.90. The predicted molar refractivity (Wildman–Crippen MR) is 53.4 cm³/mol. The molecule has 0 unspecified atom stereocenters. The van der Waals surface area contributed by atoms with Crippen LogP contribution < -0.4 is 5.73 Å². The summed E-state index contributed by atoms with van der Waals surface area (Å²) < 4.78 is 0. The molecule has 0 aliphatic heterocycles. The van der Waals surface area contributed by atoms with Crippen LogP contribution in [0.2, 0.25) is 5.02 Å². The lowest BCUT2D eigenvalue weighted by Gasteiger charge is -2.18. The molecule has 0 spiro atoms. The van der Waals surface area contributed by atoms with Crippen molar-refractivity contribution in [2.45, 2.75) is 25.8 Å². The molecule has 0 fully saturated rings. The van der Waals surface area contributed by atoms with Crippen LogP contribution >= 0.6 is 11.6 Å². The van der Waals surface area contributed by atoms with E-state index >= 15 is 0 Å². The van der Waals surface area contributed by atoms with Crippen molar-refractivity contribution in [3.63, 3.8) is 0 Å². The summed E-state index contributed by atoms with van der Waals surface area (Å²) in [4.78, 5) is 0. The van der Waals surface area contributed by atoms with Gasteiger partial charge in [-0.15, -0.1) is 0 Å². The Labute approximate surface area is 78.5 Å². The van der Waals surface area contributed by atoms with Gasteiger partial charge >= 0.3 is 0 Å². The standard InChI is InChI=1S/C10H14ClN/c1-10(2,12)7-8-4-3-5-9(11)6-8/h3-6H,7,12H2,1-2H3. The molecule has 0 bridgehead atoms. The van der Waals surface area contributed by atoms with E-state index in [2.05, 4.69) is 0 Å². The second-order valence-corrected chi connectivity index (χ2v) is 4.23. The largest absolute Gasteiger partial charge is 0.325 e. The van der Waals surface area contributed by atoms with Crippen molar-refractivity contribution in [1.29, 1.82) is 0 Å². The number of nitrogens with two attached hydrogens (primary N) is 1. The van der Waals surface area contributed by atoms with Crippen molar-refractivity contribution < 1.29 is 0 Å². The molecule has 1 nitrogen and oxygen atoms in total. The lowest BCUT2D eigenvalue weighted by Crippen LogP contribution is -2.34. The highest BCUT2D eigenvalue weighted by molar-refractivity contribution is 6.30. The van der Waals surface area contributed by atoms with Gasteiger partial charge in [0.25, 0.3) is 0 Å². The van der Waals surface area contributed by atoms with Crippen LogP contribution in [-0.2, 0) is 6.42 Å². The third-order valence-electron chi connectivity index (χ3n) is 1.55. The van der Waals surface area contributed by atoms with Gasteiger partial charge in [0, 0.05) is 10.6 Å². The molecule has 0 atom stereocenters. The lowest BCUT2D eigenvalue weighted by atomic mass is 9.96. The van der Waals surface area contributed by atoms with Gasteiger partial charge in [-0.05, 0) is 38.0 Å². The highest BCUT2D eigenvalue weighted by Crippen LogP contribution is 2.14. The van der Waals surface area contributed by atoms with E-state index in [0.29, 0.717) is 0 Å². The van der Waals surface area contributed by atoms with Gasteiger partial charge in [0.2, 0.25) is 0 Å². The third-order valence-corrected chi connectivity index (χ3v) is 1.78. The molecule has 0 saturated heterocycles. The summed E-state index contributed by atoms with van der Waals surface area (Å²) in [7, 11) is 0. The Balaban J connectivity index is 2.77. The van der Waals surface area contributed by atoms with Gasteiger partial charge in [-0.2, -0.15) is 0 Å². The number of benzene rings is 1. The zero-order valence-electron chi connectivity index (χ0n) is 7.47. The van der Waals surface area contributed by atoms with Crippen LogP contribution in [0.15, 0.2) is 24.3 Å². The van der Waals surface area contributed by atoms with Crippen LogP contribution in [0.3, 0.4) is 0 Å². The maximum Gasteiger partial charge on any atom is 0.0408 e. The van der Waals surface area contributed by atoms with Crippen LogP contribution in [0.5, 0.6) is 0 Å². The number of halogens is 1. The summed E-state index contributed by atoms with van der Waals surface area (Å²) in [5.74, 6) is 0. The van der Waals surface area contributed by atoms with Gasteiger partial charge in [-0.25, -0.2) is 0 Å². The average molecular weight is 184 g/mol. The monoisotopic (exact) mass is 183 g/mol. The molecule has 2 N–H and O–H groups in total. The first-order chi connectivity index (χ1) is 5.47. The van der Waals surface area contributed by atoms with E-state index in [-0.39, 0.29) is 5.54 Å². The fourth-order valence-corrected chi connectivity index (χ4v) is 1.39. The zero-order chi connectivity index (χ0) is 9.19. The molecule has 0 heterocycles. The van der Waals surface area contributed by atoms with Crippen LogP contribution in [0, 0.1) is 0 Å². The molecule has 0 radical (unpaired) electrons. The van der Waals surface area contributed by atoms with Gasteiger partial charge in [-0.3, -0.25) is 0 Å².